The minimum atomic E-state index is 0. The van der Waals surface area contributed by atoms with E-state index in [-0.39, 0.29) is 24.0 Å². The second-order valence-corrected chi connectivity index (χ2v) is 7.17. The fraction of sp³-hybridized carbons (Fsp3) is 0.600. The van der Waals surface area contributed by atoms with Crippen LogP contribution >= 0.6 is 24.0 Å². The summed E-state index contributed by atoms with van der Waals surface area (Å²) in [5.74, 6) is 2.89. The molecule has 2 aromatic rings. The summed E-state index contributed by atoms with van der Waals surface area (Å²) < 4.78 is 0. The second-order valence-electron chi connectivity index (χ2n) is 7.17. The minimum Gasteiger partial charge on any atom is -0.357 e. The van der Waals surface area contributed by atoms with Crippen LogP contribution in [-0.4, -0.2) is 35.1 Å². The van der Waals surface area contributed by atoms with E-state index in [9.17, 15) is 0 Å². The lowest BCUT2D eigenvalue weighted by atomic mass is 9.87. The first-order chi connectivity index (χ1) is 12.2. The lowest BCUT2D eigenvalue weighted by Crippen LogP contribution is -2.44. The maximum Gasteiger partial charge on any atom is 0.191 e. The highest BCUT2D eigenvalue weighted by Gasteiger charge is 2.18. The van der Waals surface area contributed by atoms with E-state index < -0.39 is 0 Å². The third-order valence-electron chi connectivity index (χ3n) is 4.98. The standard InChI is InChI=1S/C20H31N5.HI/c1-3-21-20(23-16-12-10-15(2)11-13-16)22-14-6-9-19-24-17-7-4-5-8-18(17)25-19;/h4-5,7-8,15-16H,3,6,9-14H2,1-2H3,(H,24,25)(H2,21,22,23);1H. The lowest BCUT2D eigenvalue weighted by molar-refractivity contribution is 0.329. The molecular formula is C20H32IN5. The van der Waals surface area contributed by atoms with Gasteiger partial charge in [0, 0.05) is 25.6 Å². The molecule has 1 heterocycles. The number of hydrogen-bond acceptors (Lipinski definition) is 2. The van der Waals surface area contributed by atoms with Gasteiger partial charge in [-0.1, -0.05) is 19.1 Å². The number of aromatic nitrogens is 2. The van der Waals surface area contributed by atoms with Crippen molar-refractivity contribution in [3.63, 3.8) is 0 Å². The molecule has 1 aliphatic carbocycles. The van der Waals surface area contributed by atoms with Crippen LogP contribution < -0.4 is 10.6 Å². The molecule has 1 fully saturated rings. The van der Waals surface area contributed by atoms with Gasteiger partial charge in [0.1, 0.15) is 5.82 Å². The quantitative estimate of drug-likeness (QED) is 0.257. The van der Waals surface area contributed by atoms with Gasteiger partial charge in [-0.3, -0.25) is 4.99 Å². The van der Waals surface area contributed by atoms with Crippen molar-refractivity contribution in [3.05, 3.63) is 30.1 Å². The smallest absolute Gasteiger partial charge is 0.191 e. The van der Waals surface area contributed by atoms with Gasteiger partial charge in [0.2, 0.25) is 0 Å². The maximum absolute atomic E-state index is 4.75. The molecular weight excluding hydrogens is 437 g/mol. The molecule has 0 unspecified atom stereocenters. The molecule has 26 heavy (non-hydrogen) atoms. The molecule has 1 aliphatic rings. The van der Waals surface area contributed by atoms with E-state index in [2.05, 4.69) is 40.5 Å². The predicted molar refractivity (Wildman–Crippen MR) is 120 cm³/mol. The molecule has 0 bridgehead atoms. The zero-order valence-corrected chi connectivity index (χ0v) is 18.3. The third-order valence-corrected chi connectivity index (χ3v) is 4.98. The van der Waals surface area contributed by atoms with E-state index in [0.717, 1.165) is 54.7 Å². The number of hydrogen-bond donors (Lipinski definition) is 3. The number of guanidine groups is 1. The first-order valence-corrected chi connectivity index (χ1v) is 9.73. The molecule has 144 valence electrons. The number of aromatic amines is 1. The second kappa shape index (κ2) is 10.7. The average molecular weight is 469 g/mol. The van der Waals surface area contributed by atoms with Crippen molar-refractivity contribution < 1.29 is 0 Å². The fourth-order valence-corrected chi connectivity index (χ4v) is 3.48. The molecule has 3 N–H and O–H groups in total. The Kier molecular flexibility index (Phi) is 8.68. The topological polar surface area (TPSA) is 65.1 Å². The van der Waals surface area contributed by atoms with E-state index >= 15 is 0 Å². The Morgan fingerprint density at radius 2 is 2.00 bits per heavy atom. The van der Waals surface area contributed by atoms with E-state index in [1.807, 2.05) is 18.2 Å². The van der Waals surface area contributed by atoms with E-state index in [0.29, 0.717) is 6.04 Å². The summed E-state index contributed by atoms with van der Waals surface area (Å²) in [6, 6.07) is 8.75. The number of H-pyrrole nitrogens is 1. The first kappa shape index (κ1) is 21.0. The number of para-hydroxylation sites is 2. The van der Waals surface area contributed by atoms with E-state index in [1.165, 1.54) is 25.7 Å². The molecule has 0 spiro atoms. The van der Waals surface area contributed by atoms with Gasteiger partial charge in [-0.25, -0.2) is 4.98 Å². The molecule has 3 rings (SSSR count). The van der Waals surface area contributed by atoms with Crippen molar-refractivity contribution >= 4 is 41.0 Å². The van der Waals surface area contributed by atoms with Crippen molar-refractivity contribution in [2.75, 3.05) is 13.1 Å². The summed E-state index contributed by atoms with van der Waals surface area (Å²) in [6.07, 6.45) is 7.08. The monoisotopic (exact) mass is 469 g/mol. The van der Waals surface area contributed by atoms with Gasteiger partial charge in [-0.15, -0.1) is 24.0 Å². The van der Waals surface area contributed by atoms with Crippen LogP contribution in [0.15, 0.2) is 29.3 Å². The van der Waals surface area contributed by atoms with Crippen molar-refractivity contribution in [2.24, 2.45) is 10.9 Å². The fourth-order valence-electron chi connectivity index (χ4n) is 3.48. The van der Waals surface area contributed by atoms with E-state index in [4.69, 9.17) is 4.99 Å². The highest BCUT2D eigenvalue weighted by atomic mass is 127. The summed E-state index contributed by atoms with van der Waals surface area (Å²) in [5.41, 5.74) is 2.16. The Labute approximate surface area is 173 Å². The molecule has 0 saturated heterocycles. The molecule has 1 aromatic carbocycles. The van der Waals surface area contributed by atoms with Crippen molar-refractivity contribution in [1.29, 1.82) is 0 Å². The van der Waals surface area contributed by atoms with Crippen LogP contribution in [0.1, 0.15) is 51.8 Å². The number of imidazole rings is 1. The normalized spacial score (nSPS) is 20.6. The van der Waals surface area contributed by atoms with Crippen LogP contribution in [0.25, 0.3) is 11.0 Å². The first-order valence-electron chi connectivity index (χ1n) is 9.73. The average Bonchev–Trinajstić information content (AvgIpc) is 3.03. The van der Waals surface area contributed by atoms with Crippen LogP contribution in [0, 0.1) is 5.92 Å². The Morgan fingerprint density at radius 3 is 2.73 bits per heavy atom. The predicted octanol–water partition coefficient (Wildman–Crippen LogP) is 4.25. The van der Waals surface area contributed by atoms with Gasteiger partial charge in [0.05, 0.1) is 11.0 Å². The van der Waals surface area contributed by atoms with Crippen molar-refractivity contribution in [1.82, 2.24) is 20.6 Å². The minimum absolute atomic E-state index is 0. The molecule has 0 amide bonds. The van der Waals surface area contributed by atoms with Gasteiger partial charge in [-0.05, 0) is 57.1 Å². The van der Waals surface area contributed by atoms with Gasteiger partial charge < -0.3 is 15.6 Å². The largest absolute Gasteiger partial charge is 0.357 e. The Morgan fingerprint density at radius 1 is 1.23 bits per heavy atom. The van der Waals surface area contributed by atoms with Crippen LogP contribution in [-0.2, 0) is 6.42 Å². The summed E-state index contributed by atoms with van der Waals surface area (Å²) in [5, 5.41) is 6.99. The number of rotatable bonds is 6. The zero-order chi connectivity index (χ0) is 17.5. The van der Waals surface area contributed by atoms with E-state index in [1.54, 1.807) is 0 Å². The van der Waals surface area contributed by atoms with Crippen LogP contribution in [0.2, 0.25) is 0 Å². The van der Waals surface area contributed by atoms with Gasteiger partial charge >= 0.3 is 0 Å². The Hall–Kier alpha value is -1.31. The van der Waals surface area contributed by atoms with Crippen LogP contribution in [0.5, 0.6) is 0 Å². The molecule has 6 heteroatoms. The number of aliphatic imine (C=N–C) groups is 1. The number of halogens is 1. The summed E-state index contributed by atoms with van der Waals surface area (Å²) in [6.45, 7) is 6.19. The van der Waals surface area contributed by atoms with Gasteiger partial charge in [0.25, 0.3) is 0 Å². The Bertz CT molecular complexity index is 655. The zero-order valence-electron chi connectivity index (χ0n) is 15.9. The molecule has 1 saturated carbocycles. The summed E-state index contributed by atoms with van der Waals surface area (Å²) >= 11 is 0. The molecule has 0 radical (unpaired) electrons. The van der Waals surface area contributed by atoms with Gasteiger partial charge in [0.15, 0.2) is 5.96 Å². The van der Waals surface area contributed by atoms with Crippen LogP contribution in [0.4, 0.5) is 0 Å². The maximum atomic E-state index is 4.75. The molecule has 0 atom stereocenters. The third kappa shape index (κ3) is 6.14. The SMILES string of the molecule is CCNC(=NCCCc1nc2ccccc2[nH]1)NC1CCC(C)CC1.I. The van der Waals surface area contributed by atoms with Crippen LogP contribution in [0.3, 0.4) is 0 Å². The number of nitrogens with one attached hydrogen (secondary N) is 3. The highest BCUT2D eigenvalue weighted by Crippen LogP contribution is 2.23. The number of fused-ring (bicyclic) bond motifs is 1. The summed E-state index contributed by atoms with van der Waals surface area (Å²) in [4.78, 5) is 12.8. The number of aryl methyl sites for hydroxylation is 1. The number of nitrogens with zero attached hydrogens (tertiary/aromatic N) is 2. The lowest BCUT2D eigenvalue weighted by Gasteiger charge is -2.28. The van der Waals surface area contributed by atoms with Gasteiger partial charge in [-0.2, -0.15) is 0 Å². The Balaban J connectivity index is 0.00000243. The highest BCUT2D eigenvalue weighted by molar-refractivity contribution is 14.0. The molecule has 1 aromatic heterocycles. The summed E-state index contributed by atoms with van der Waals surface area (Å²) in [7, 11) is 0. The van der Waals surface area contributed by atoms with Crippen molar-refractivity contribution in [2.45, 2.75) is 58.4 Å². The number of benzene rings is 1. The van der Waals surface area contributed by atoms with Crippen molar-refractivity contribution in [3.8, 4) is 0 Å². The molecule has 5 nitrogen and oxygen atoms in total. The molecule has 0 aliphatic heterocycles.